The van der Waals surface area contributed by atoms with E-state index in [2.05, 4.69) is 16.8 Å². The number of hydrogen-bond donors (Lipinski definition) is 1. The summed E-state index contributed by atoms with van der Waals surface area (Å²) in [5.41, 5.74) is 1.20. The van der Waals surface area contributed by atoms with Crippen molar-refractivity contribution in [1.29, 1.82) is 0 Å². The van der Waals surface area contributed by atoms with Gasteiger partial charge in [0.15, 0.2) is 0 Å². The van der Waals surface area contributed by atoms with Crippen LogP contribution in [-0.2, 0) is 21.4 Å². The number of rotatable bonds is 6. The van der Waals surface area contributed by atoms with Crippen molar-refractivity contribution in [3.63, 3.8) is 0 Å². The first kappa shape index (κ1) is 24.9. The van der Waals surface area contributed by atoms with Crippen molar-refractivity contribution in [2.75, 3.05) is 18.1 Å². The number of hydrogen-bond acceptors (Lipinski definition) is 6. The van der Waals surface area contributed by atoms with Crippen LogP contribution in [0.3, 0.4) is 0 Å². The van der Waals surface area contributed by atoms with Crippen molar-refractivity contribution in [2.45, 2.75) is 24.4 Å². The van der Waals surface area contributed by atoms with Crippen LogP contribution < -0.4 is 9.64 Å². The highest BCUT2D eigenvalue weighted by atomic mass is 32.2. The van der Waals surface area contributed by atoms with Gasteiger partial charge >= 0.3 is 5.97 Å². The van der Waals surface area contributed by atoms with Crippen molar-refractivity contribution < 1.29 is 27.9 Å². The molecule has 0 fully saturated rings. The van der Waals surface area contributed by atoms with E-state index in [0.717, 1.165) is 4.31 Å². The number of aromatic nitrogens is 1. The van der Waals surface area contributed by atoms with Gasteiger partial charge in [-0.3, -0.25) is 14.6 Å². The highest BCUT2D eigenvalue weighted by Gasteiger charge is 2.41. The predicted molar refractivity (Wildman–Crippen MR) is 132 cm³/mol. The highest BCUT2D eigenvalue weighted by Crippen LogP contribution is 2.32. The molecule has 4 rings (SSSR count). The second kappa shape index (κ2) is 10.6. The Morgan fingerprint density at radius 1 is 1.11 bits per heavy atom. The average Bonchev–Trinajstić information content (AvgIpc) is 3.07. The summed E-state index contributed by atoms with van der Waals surface area (Å²) in [6.07, 6.45) is 2.91. The van der Waals surface area contributed by atoms with Gasteiger partial charge in [-0.2, -0.15) is 4.31 Å². The summed E-state index contributed by atoms with van der Waals surface area (Å²) >= 11 is 0. The van der Waals surface area contributed by atoms with E-state index in [1.54, 1.807) is 43.3 Å². The lowest BCUT2D eigenvalue weighted by Gasteiger charge is -2.28. The number of fused-ring (bicyclic) bond motifs is 1. The van der Waals surface area contributed by atoms with E-state index < -0.39 is 27.9 Å². The van der Waals surface area contributed by atoms with Crippen LogP contribution in [0.4, 0.5) is 5.69 Å². The first-order valence-electron chi connectivity index (χ1n) is 11.0. The van der Waals surface area contributed by atoms with Gasteiger partial charge in [0.1, 0.15) is 18.4 Å². The number of benzene rings is 2. The van der Waals surface area contributed by atoms with Gasteiger partial charge in [-0.05, 0) is 55.0 Å². The number of para-hydroxylation sites is 1. The molecule has 1 amide bonds. The van der Waals surface area contributed by atoms with Crippen molar-refractivity contribution in [3.8, 4) is 17.6 Å². The summed E-state index contributed by atoms with van der Waals surface area (Å²) in [5.74, 6) is 4.05. The number of carboxylic acids is 1. The van der Waals surface area contributed by atoms with Gasteiger partial charge in [-0.25, -0.2) is 8.42 Å². The number of pyridine rings is 1. The minimum atomic E-state index is -4.26. The molecule has 0 saturated heterocycles. The quantitative estimate of drug-likeness (QED) is 0.512. The molecule has 0 bridgehead atoms. The summed E-state index contributed by atoms with van der Waals surface area (Å²) in [7, 11) is -4.26. The van der Waals surface area contributed by atoms with Crippen LogP contribution in [-0.4, -0.2) is 53.9 Å². The molecule has 0 saturated carbocycles. The first-order valence-corrected chi connectivity index (χ1v) is 12.4. The fourth-order valence-electron chi connectivity index (χ4n) is 3.87. The van der Waals surface area contributed by atoms with E-state index >= 15 is 0 Å². The molecule has 9 nitrogen and oxygen atoms in total. The van der Waals surface area contributed by atoms with Gasteiger partial charge < -0.3 is 14.7 Å². The minimum Gasteiger partial charge on any atom is -0.481 e. The van der Waals surface area contributed by atoms with Crippen molar-refractivity contribution in [1.82, 2.24) is 9.29 Å². The lowest BCUT2D eigenvalue weighted by molar-refractivity contribution is -0.141. The number of amides is 1. The first-order chi connectivity index (χ1) is 17.3. The van der Waals surface area contributed by atoms with E-state index in [4.69, 9.17) is 4.74 Å². The number of nitrogens with zero attached hydrogens (tertiary/aromatic N) is 3. The molecule has 1 N–H and O–H groups in total. The molecule has 0 spiro atoms. The van der Waals surface area contributed by atoms with E-state index in [9.17, 15) is 23.1 Å². The van der Waals surface area contributed by atoms with Gasteiger partial charge in [0.25, 0.3) is 5.91 Å². The maximum absolute atomic E-state index is 13.7. The third kappa shape index (κ3) is 5.07. The number of anilines is 1. The van der Waals surface area contributed by atoms with E-state index in [0.29, 0.717) is 17.0 Å². The van der Waals surface area contributed by atoms with Gasteiger partial charge in [0.2, 0.25) is 10.0 Å². The van der Waals surface area contributed by atoms with Gasteiger partial charge in [0, 0.05) is 24.6 Å². The lowest BCUT2D eigenvalue weighted by atomic mass is 10.1. The molecule has 0 aliphatic carbocycles. The lowest BCUT2D eigenvalue weighted by Crippen LogP contribution is -2.50. The monoisotopic (exact) mass is 505 g/mol. The Bertz CT molecular complexity index is 1430. The SMILES string of the molecule is CC#CCOc1ccc(S(=O)(=O)N2Cc3ccccc3N(C(=O)c3cccnc3)CC2C(=O)O)cc1. The largest absolute Gasteiger partial charge is 0.481 e. The molecule has 184 valence electrons. The summed E-state index contributed by atoms with van der Waals surface area (Å²) in [4.78, 5) is 30.9. The Morgan fingerprint density at radius 2 is 1.86 bits per heavy atom. The molecule has 36 heavy (non-hydrogen) atoms. The zero-order valence-electron chi connectivity index (χ0n) is 19.4. The maximum atomic E-state index is 13.7. The van der Waals surface area contributed by atoms with Crippen LogP contribution in [0.1, 0.15) is 22.8 Å². The molecule has 3 aromatic rings. The van der Waals surface area contributed by atoms with Gasteiger partial charge in [-0.15, -0.1) is 5.92 Å². The normalized spacial score (nSPS) is 15.7. The van der Waals surface area contributed by atoms with Gasteiger partial charge in [0.05, 0.1) is 17.0 Å². The van der Waals surface area contributed by atoms with Crippen LogP contribution in [0.15, 0.2) is 78.0 Å². The van der Waals surface area contributed by atoms with Gasteiger partial charge in [-0.1, -0.05) is 24.1 Å². The third-order valence-corrected chi connectivity index (χ3v) is 7.54. The van der Waals surface area contributed by atoms with Crippen LogP contribution >= 0.6 is 0 Å². The predicted octanol–water partition coefficient (Wildman–Crippen LogP) is 2.79. The topological polar surface area (TPSA) is 117 Å². The zero-order valence-corrected chi connectivity index (χ0v) is 20.2. The Balaban J connectivity index is 1.73. The van der Waals surface area contributed by atoms with Crippen LogP contribution in [0, 0.1) is 11.8 Å². The average molecular weight is 506 g/mol. The molecule has 1 aliphatic rings. The summed E-state index contributed by atoms with van der Waals surface area (Å²) in [5, 5.41) is 10.1. The molecule has 2 aromatic carbocycles. The molecule has 0 radical (unpaired) electrons. The van der Waals surface area contributed by atoms with Crippen LogP contribution in [0.2, 0.25) is 0 Å². The zero-order chi connectivity index (χ0) is 25.7. The van der Waals surface area contributed by atoms with Crippen LogP contribution in [0.25, 0.3) is 0 Å². The molecule has 2 heterocycles. The summed E-state index contributed by atoms with van der Waals surface area (Å²) in [6.45, 7) is 1.24. The third-order valence-electron chi connectivity index (χ3n) is 5.67. The molecule has 10 heteroatoms. The molecule has 1 aromatic heterocycles. The fourth-order valence-corrected chi connectivity index (χ4v) is 5.43. The standard InChI is InChI=1S/C26H23N3O6S/c1-2-3-15-35-21-10-12-22(13-11-21)36(33,34)29-17-20-7-4-5-9-23(20)28(18-24(29)26(31)32)25(30)19-8-6-14-27-16-19/h4-14,16,24H,15,17-18H2,1H3,(H,31,32). The second-order valence-electron chi connectivity index (χ2n) is 7.88. The number of carboxylic acid groups (broad SMARTS) is 1. The second-order valence-corrected chi connectivity index (χ2v) is 9.77. The Kier molecular flexibility index (Phi) is 7.33. The Labute approximate surface area is 209 Å². The van der Waals surface area contributed by atoms with Crippen LogP contribution in [0.5, 0.6) is 5.75 Å². The van der Waals surface area contributed by atoms with Crippen molar-refractivity contribution >= 4 is 27.6 Å². The van der Waals surface area contributed by atoms with E-state index in [1.165, 1.54) is 41.6 Å². The number of carbonyl (C=O) groups excluding carboxylic acids is 1. The molecular weight excluding hydrogens is 482 g/mol. The Hall–Kier alpha value is -4.20. The molecule has 1 aliphatic heterocycles. The number of ether oxygens (including phenoxy) is 1. The molecule has 1 unspecified atom stereocenters. The number of aliphatic carboxylic acids is 1. The fraction of sp³-hybridized carbons (Fsp3) is 0.192. The number of sulfonamides is 1. The van der Waals surface area contributed by atoms with E-state index in [-0.39, 0.29) is 30.2 Å². The van der Waals surface area contributed by atoms with Crippen molar-refractivity contribution in [2.24, 2.45) is 0 Å². The molecule has 1 atom stereocenters. The maximum Gasteiger partial charge on any atom is 0.323 e. The minimum absolute atomic E-state index is 0.0906. The van der Waals surface area contributed by atoms with Crippen molar-refractivity contribution in [3.05, 3.63) is 84.2 Å². The number of carbonyl (C=O) groups is 2. The van der Waals surface area contributed by atoms with E-state index in [1.807, 2.05) is 0 Å². The highest BCUT2D eigenvalue weighted by molar-refractivity contribution is 7.89. The summed E-state index contributed by atoms with van der Waals surface area (Å²) < 4.78 is 33.7. The molecular formula is C26H23N3O6S. The summed E-state index contributed by atoms with van der Waals surface area (Å²) in [6, 6.07) is 14.1. The Morgan fingerprint density at radius 3 is 2.53 bits per heavy atom. The smallest absolute Gasteiger partial charge is 0.323 e.